The number of H-pyrrole nitrogens is 1. The Hall–Kier alpha value is -11.9. The predicted octanol–water partition coefficient (Wildman–Crippen LogP) is -5.52. The summed E-state index contributed by atoms with van der Waals surface area (Å²) >= 11 is 0. The first-order valence-corrected chi connectivity index (χ1v) is 39.1. The van der Waals surface area contributed by atoms with Crippen LogP contribution in [0.25, 0.3) is 0 Å². The van der Waals surface area contributed by atoms with Crippen LogP contribution < -0.4 is 91.6 Å². The Bertz CT molecular complexity index is 3920. The number of carboxylic acids is 2. The maximum atomic E-state index is 14.4. The number of carboxylic acid groups (broad SMARTS) is 2. The van der Waals surface area contributed by atoms with Gasteiger partial charge in [-0.15, -0.1) is 0 Å². The van der Waals surface area contributed by atoms with Crippen LogP contribution in [-0.2, 0) is 96.0 Å². The number of benzene rings is 2. The molecule has 0 aliphatic heterocycles. The Labute approximate surface area is 689 Å². The smallest absolute Gasteiger partial charge is 0.328 e. The highest BCUT2D eigenvalue weighted by molar-refractivity contribution is 6.01. The molecule has 0 fully saturated rings. The van der Waals surface area contributed by atoms with Crippen molar-refractivity contribution < 1.29 is 107 Å². The third kappa shape index (κ3) is 35.8. The number of hydrogen-bond acceptors (Lipinski definition) is 23. The molecule has 0 saturated carbocycles. The monoisotopic (exact) mass is 1680 g/mol. The number of rotatable bonds is 52. The number of aliphatic imine (C=N–C) groups is 1. The molecule has 0 bridgehead atoms. The van der Waals surface area contributed by atoms with Gasteiger partial charge in [-0.1, -0.05) is 111 Å². The van der Waals surface area contributed by atoms with E-state index >= 15 is 0 Å². The second-order valence-electron chi connectivity index (χ2n) is 30.1. The van der Waals surface area contributed by atoms with Crippen LogP contribution in [0.2, 0.25) is 0 Å². The van der Waals surface area contributed by atoms with Crippen LogP contribution in [0.3, 0.4) is 0 Å². The molecule has 42 heteroatoms. The molecule has 3 aromatic rings. The molecule has 119 heavy (non-hydrogen) atoms. The van der Waals surface area contributed by atoms with E-state index in [2.05, 4.69) is 89.4 Å². The van der Waals surface area contributed by atoms with E-state index in [1.807, 2.05) is 0 Å². The highest BCUT2D eigenvalue weighted by Crippen LogP contribution is 2.17. The number of aliphatic hydroxyl groups excluding tert-OH is 3. The number of aromatic hydroxyl groups is 1. The van der Waals surface area contributed by atoms with Gasteiger partial charge in [-0.3, -0.25) is 76.9 Å². The summed E-state index contributed by atoms with van der Waals surface area (Å²) in [6.07, 6.45) is -1.76. The minimum absolute atomic E-state index is 0.00512. The fraction of sp³-hybridized carbons (Fsp3) is 0.584. The van der Waals surface area contributed by atoms with Crippen molar-refractivity contribution in [2.75, 3.05) is 19.7 Å². The number of guanidine groups is 1. The van der Waals surface area contributed by atoms with Gasteiger partial charge in [-0.05, 0) is 107 Å². The summed E-state index contributed by atoms with van der Waals surface area (Å²) in [5.41, 5.74) is 18.7. The maximum Gasteiger partial charge on any atom is 0.328 e. The Morgan fingerprint density at radius 1 is 0.462 bits per heavy atom. The van der Waals surface area contributed by atoms with E-state index < -0.39 is 223 Å². The number of aromatic nitrogens is 2. The van der Waals surface area contributed by atoms with Gasteiger partial charge < -0.3 is 127 Å². The van der Waals surface area contributed by atoms with Crippen LogP contribution in [-0.4, -0.2) is 258 Å². The molecule has 1 aromatic heterocycles. The van der Waals surface area contributed by atoms with Crippen LogP contribution >= 0.6 is 0 Å². The van der Waals surface area contributed by atoms with E-state index in [0.717, 1.165) is 13.8 Å². The van der Waals surface area contributed by atoms with Crippen molar-refractivity contribution in [3.05, 3.63) is 83.9 Å². The first-order chi connectivity index (χ1) is 55.9. The quantitative estimate of drug-likeness (QED) is 0.0142. The van der Waals surface area contributed by atoms with Gasteiger partial charge in [0.15, 0.2) is 12.0 Å². The molecule has 14 amide bonds. The number of imidazole rings is 1. The van der Waals surface area contributed by atoms with Crippen molar-refractivity contribution in [3.8, 4) is 5.75 Å². The van der Waals surface area contributed by atoms with Gasteiger partial charge in [0.1, 0.15) is 78.3 Å². The second-order valence-corrected chi connectivity index (χ2v) is 30.1. The molecule has 1 heterocycles. The summed E-state index contributed by atoms with van der Waals surface area (Å²) in [6.45, 7) is 16.1. The molecule has 0 radical (unpaired) electrons. The third-order valence-electron chi connectivity index (χ3n) is 19.0. The molecular weight excluding hydrogens is 1560 g/mol. The molecule has 660 valence electrons. The van der Waals surface area contributed by atoms with E-state index in [9.17, 15) is 107 Å². The van der Waals surface area contributed by atoms with Crippen molar-refractivity contribution in [1.82, 2.24) is 84.4 Å². The molecule has 3 rings (SSSR count). The molecule has 0 spiro atoms. The van der Waals surface area contributed by atoms with Crippen molar-refractivity contribution in [2.45, 2.75) is 244 Å². The van der Waals surface area contributed by atoms with Gasteiger partial charge in [-0.25, -0.2) is 9.78 Å². The lowest BCUT2D eigenvalue weighted by molar-refractivity contribution is -0.146. The Morgan fingerprint density at radius 2 is 0.891 bits per heavy atom. The van der Waals surface area contributed by atoms with Gasteiger partial charge in [0, 0.05) is 31.3 Å². The molecule has 0 unspecified atom stereocenters. The van der Waals surface area contributed by atoms with Crippen molar-refractivity contribution in [2.24, 2.45) is 45.9 Å². The van der Waals surface area contributed by atoms with E-state index in [4.69, 9.17) is 17.2 Å². The number of aromatic amines is 1. The van der Waals surface area contributed by atoms with Gasteiger partial charge >= 0.3 is 11.9 Å². The van der Waals surface area contributed by atoms with Crippen LogP contribution in [0.1, 0.15) is 145 Å². The fourth-order valence-corrected chi connectivity index (χ4v) is 11.8. The van der Waals surface area contributed by atoms with Crippen LogP contribution in [0.15, 0.2) is 72.1 Å². The molecule has 2 aromatic carbocycles. The number of amides is 14. The molecule has 42 nitrogen and oxygen atoms in total. The van der Waals surface area contributed by atoms with E-state index in [1.54, 1.807) is 97.9 Å². The highest BCUT2D eigenvalue weighted by atomic mass is 16.4. The number of hydrogen-bond donors (Lipinski definition) is 24. The van der Waals surface area contributed by atoms with Crippen LogP contribution in [0, 0.1) is 23.7 Å². The van der Waals surface area contributed by atoms with E-state index in [-0.39, 0.29) is 81.5 Å². The lowest BCUT2D eigenvalue weighted by Crippen LogP contribution is -2.62. The number of carbonyl (C=O) groups excluding carboxylic acids is 14. The zero-order chi connectivity index (χ0) is 89.7. The number of aliphatic carboxylic acids is 2. The molecule has 18 atom stereocenters. The summed E-state index contributed by atoms with van der Waals surface area (Å²) in [4.78, 5) is 230. The first-order valence-electron chi connectivity index (χ1n) is 39.1. The number of nitrogens with two attached hydrogens (primary N) is 3. The number of phenolic OH excluding ortho intramolecular Hbond substituents is 1. The summed E-state index contributed by atoms with van der Waals surface area (Å²) in [7, 11) is 0. The Balaban J connectivity index is 1.79. The van der Waals surface area contributed by atoms with Crippen LogP contribution in [0.4, 0.5) is 0 Å². The average Bonchev–Trinajstić information content (AvgIpc) is 1.10. The molecule has 27 N–H and O–H groups in total. The number of aliphatic hydroxyl groups is 3. The third-order valence-corrected chi connectivity index (χ3v) is 19.0. The second kappa shape index (κ2) is 50.6. The van der Waals surface area contributed by atoms with Crippen molar-refractivity contribution >= 4 is 101 Å². The molecule has 0 saturated heterocycles. The minimum Gasteiger partial charge on any atom is -0.508 e. The predicted molar refractivity (Wildman–Crippen MR) is 430 cm³/mol. The summed E-state index contributed by atoms with van der Waals surface area (Å²) in [5.74, 6) is -19.3. The summed E-state index contributed by atoms with van der Waals surface area (Å²) < 4.78 is 0. The number of carbonyl (C=O) groups is 16. The summed E-state index contributed by atoms with van der Waals surface area (Å²) in [6, 6.07) is -7.08. The lowest BCUT2D eigenvalue weighted by Gasteiger charge is -2.30. The fourth-order valence-electron chi connectivity index (χ4n) is 11.8. The zero-order valence-corrected chi connectivity index (χ0v) is 68.9. The largest absolute Gasteiger partial charge is 0.508 e. The number of phenols is 1. The summed E-state index contributed by atoms with van der Waals surface area (Å²) in [5, 5.41) is 94.2. The maximum absolute atomic E-state index is 14.4. The molecule has 0 aliphatic rings. The average molecular weight is 1680 g/mol. The Morgan fingerprint density at radius 3 is 1.37 bits per heavy atom. The molecular formula is C77H120N20O22. The normalized spacial score (nSPS) is 15.7. The van der Waals surface area contributed by atoms with Gasteiger partial charge in [-0.2, -0.15) is 0 Å². The van der Waals surface area contributed by atoms with Gasteiger partial charge in [0.05, 0.1) is 44.1 Å². The van der Waals surface area contributed by atoms with Crippen LogP contribution in [0.5, 0.6) is 5.75 Å². The lowest BCUT2D eigenvalue weighted by atomic mass is 9.96. The van der Waals surface area contributed by atoms with Crippen molar-refractivity contribution in [3.63, 3.8) is 0 Å². The van der Waals surface area contributed by atoms with E-state index in [1.165, 1.54) is 38.5 Å². The minimum atomic E-state index is -1.93. The zero-order valence-electron chi connectivity index (χ0n) is 68.9. The molecule has 0 aliphatic carbocycles. The Kier molecular flexibility index (Phi) is 43.1. The number of nitrogens with one attached hydrogen (secondary N) is 15. The topological polar surface area (TPSA) is 682 Å². The van der Waals surface area contributed by atoms with Gasteiger partial charge in [0.2, 0.25) is 82.7 Å². The SMILES string of the molecule is CC[C@H](C)[C@H](NC(=O)[C@H](CC(C)C)NC(=O)[C@H](Cc1cnc[nH]1)NC(=O)[C@H](C)NC(=O)[C@H](CC(C)C)NC(=O)[C@H](CC(=O)O)NC(=O)CNC(=O)[C@H](CCCN=C(N)N)NC(=O)[C@H](C)NC(=O)[C@H](CO)NC(=O)[C@H](Cc1ccccc1)NC(=O)[C@@H](NC(=O)[C@@H](N)Cc1ccc(O)cc1)[C@@H](C)CC)C(=O)N[C@H](C(=O)N[C@H](C(=O)O)[C@@H](C)O)[C@@H](C)O. The van der Waals surface area contributed by atoms with E-state index in [0.29, 0.717) is 23.2 Å². The standard InChI is InChI=1S/C77H120N20O22/c1-13-39(7)59(94-65(107)49(78)29-46-22-24-48(101)25-23-46)73(115)92-53(30-45-19-16-15-17-20-45)68(110)93-56(35-98)72(114)86-41(9)63(105)88-50(21-18-26-82-77(79)80)66(108)83-34-57(102)87-55(32-58(103)104)70(112)90-51(27-37(3)4)67(109)85-42(10)64(106)89-54(31-47-33-81-36-84-47)69(111)91-52(28-38(5)6)71(113)95-60(40(8)14-2)74(116)96-61(43(11)99)75(117)97-62(44(12)100)76(118)119/h15-17,19-20,22-25,33,36-44,49-56,59-62,98-101H,13-14,18,21,26-32,34-35,78H2,1-12H3,(H,81,84)(H,83,108)(H,85,109)(H,86,114)(H,87,102)(H,88,105)(H,89,106)(H,90,112)(H,91,111)(H,92,115)(H,93,110)(H,94,107)(H,95,113)(H,96,116)(H,97,117)(H,103,104)(H,118,119)(H4,79,80,82)/t39-,40-,41-,42-,43+,44+,49-,50-,51-,52-,53-,54-,55-,56-,59-,60-,61-,62-/m0/s1. The first kappa shape index (κ1) is 101. The number of nitrogens with zero attached hydrogens (tertiary/aromatic N) is 2. The van der Waals surface area contributed by atoms with Gasteiger partial charge in [0.25, 0.3) is 0 Å². The van der Waals surface area contributed by atoms with Crippen molar-refractivity contribution in [1.29, 1.82) is 0 Å². The highest BCUT2D eigenvalue weighted by Gasteiger charge is 2.40.